The zero-order valence-corrected chi connectivity index (χ0v) is 12.1. The van der Waals surface area contributed by atoms with Crippen molar-refractivity contribution in [3.8, 4) is 0 Å². The Kier molecular flexibility index (Phi) is 4.16. The largest absolute Gasteiger partial charge is 0.388 e. The minimum Gasteiger partial charge on any atom is -0.388 e. The van der Waals surface area contributed by atoms with Gasteiger partial charge in [0.15, 0.2) is 0 Å². The third-order valence-corrected chi connectivity index (χ3v) is 3.79. The SMILES string of the molecule is CNc1ccc(C(=O)NCc2nc(C)cs2)c(C)c1. The second-order valence-corrected chi connectivity index (χ2v) is 5.29. The van der Waals surface area contributed by atoms with Crippen LogP contribution in [-0.2, 0) is 6.54 Å². The van der Waals surface area contributed by atoms with Crippen molar-refractivity contribution < 1.29 is 4.79 Å². The molecular formula is C14H17N3OS. The quantitative estimate of drug-likeness (QED) is 0.902. The molecule has 0 saturated heterocycles. The van der Waals surface area contributed by atoms with Crippen LogP contribution < -0.4 is 10.6 Å². The molecule has 0 fully saturated rings. The number of carbonyl (C=O) groups excluding carboxylic acids is 1. The normalized spacial score (nSPS) is 10.3. The van der Waals surface area contributed by atoms with Crippen LogP contribution in [-0.4, -0.2) is 17.9 Å². The fourth-order valence-electron chi connectivity index (χ4n) is 1.81. The number of anilines is 1. The lowest BCUT2D eigenvalue weighted by Crippen LogP contribution is -2.23. The van der Waals surface area contributed by atoms with Gasteiger partial charge in [0, 0.05) is 29.4 Å². The number of nitrogens with one attached hydrogen (secondary N) is 2. The molecule has 0 aliphatic carbocycles. The zero-order chi connectivity index (χ0) is 13.8. The van der Waals surface area contributed by atoms with E-state index in [0.717, 1.165) is 22.0 Å². The number of amides is 1. The summed E-state index contributed by atoms with van der Waals surface area (Å²) in [5.41, 5.74) is 3.65. The van der Waals surface area contributed by atoms with E-state index in [-0.39, 0.29) is 5.91 Å². The fourth-order valence-corrected chi connectivity index (χ4v) is 2.52. The third-order valence-electron chi connectivity index (χ3n) is 2.83. The number of rotatable bonds is 4. The topological polar surface area (TPSA) is 54.0 Å². The maximum absolute atomic E-state index is 12.1. The third kappa shape index (κ3) is 3.32. The van der Waals surface area contributed by atoms with Crippen LogP contribution in [0.1, 0.15) is 26.6 Å². The maximum atomic E-state index is 12.1. The summed E-state index contributed by atoms with van der Waals surface area (Å²) in [7, 11) is 1.86. The molecule has 4 nitrogen and oxygen atoms in total. The van der Waals surface area contributed by atoms with Gasteiger partial charge in [-0.25, -0.2) is 4.98 Å². The van der Waals surface area contributed by atoms with Gasteiger partial charge in [0.2, 0.25) is 0 Å². The van der Waals surface area contributed by atoms with Crippen LogP contribution in [0.4, 0.5) is 5.69 Å². The van der Waals surface area contributed by atoms with E-state index in [9.17, 15) is 4.79 Å². The molecule has 0 bridgehead atoms. The molecule has 0 atom stereocenters. The molecule has 0 aliphatic rings. The molecule has 1 amide bonds. The van der Waals surface area contributed by atoms with Gasteiger partial charge >= 0.3 is 0 Å². The van der Waals surface area contributed by atoms with Gasteiger partial charge in [0.05, 0.1) is 6.54 Å². The van der Waals surface area contributed by atoms with E-state index in [0.29, 0.717) is 12.1 Å². The van der Waals surface area contributed by atoms with E-state index in [2.05, 4.69) is 15.6 Å². The van der Waals surface area contributed by atoms with Crippen molar-refractivity contribution in [2.75, 3.05) is 12.4 Å². The van der Waals surface area contributed by atoms with E-state index in [4.69, 9.17) is 0 Å². The number of carbonyl (C=O) groups is 1. The highest BCUT2D eigenvalue weighted by Gasteiger charge is 2.09. The molecule has 0 spiro atoms. The molecule has 2 aromatic rings. The molecule has 100 valence electrons. The molecule has 2 rings (SSSR count). The van der Waals surface area contributed by atoms with Crippen molar-refractivity contribution in [2.24, 2.45) is 0 Å². The van der Waals surface area contributed by atoms with E-state index in [1.54, 1.807) is 11.3 Å². The van der Waals surface area contributed by atoms with Crippen LogP contribution in [0.15, 0.2) is 23.6 Å². The van der Waals surface area contributed by atoms with E-state index < -0.39 is 0 Å². The summed E-state index contributed by atoms with van der Waals surface area (Å²) in [6, 6.07) is 5.70. The molecule has 19 heavy (non-hydrogen) atoms. The molecule has 1 aromatic heterocycles. The Morgan fingerprint density at radius 2 is 2.16 bits per heavy atom. The Labute approximate surface area is 116 Å². The monoisotopic (exact) mass is 275 g/mol. The maximum Gasteiger partial charge on any atom is 0.251 e. The lowest BCUT2D eigenvalue weighted by atomic mass is 10.1. The minimum absolute atomic E-state index is 0.0620. The molecular weight excluding hydrogens is 258 g/mol. The molecule has 0 aliphatic heterocycles. The van der Waals surface area contributed by atoms with E-state index >= 15 is 0 Å². The summed E-state index contributed by atoms with van der Waals surface area (Å²) in [5, 5.41) is 8.86. The average molecular weight is 275 g/mol. The second kappa shape index (κ2) is 5.84. The Hall–Kier alpha value is -1.88. The predicted molar refractivity (Wildman–Crippen MR) is 78.7 cm³/mol. The van der Waals surface area contributed by atoms with Gasteiger partial charge in [-0.1, -0.05) is 0 Å². The number of hydrogen-bond donors (Lipinski definition) is 2. The number of aromatic nitrogens is 1. The first-order valence-electron chi connectivity index (χ1n) is 6.07. The Balaban J connectivity index is 2.03. The number of aryl methyl sites for hydroxylation is 2. The van der Waals surface area contributed by atoms with Crippen molar-refractivity contribution in [3.05, 3.63) is 45.4 Å². The Morgan fingerprint density at radius 1 is 1.37 bits per heavy atom. The van der Waals surface area contributed by atoms with E-state index in [1.807, 2.05) is 44.5 Å². The van der Waals surface area contributed by atoms with Crippen LogP contribution in [0.25, 0.3) is 0 Å². The zero-order valence-electron chi connectivity index (χ0n) is 11.3. The molecule has 5 heteroatoms. The predicted octanol–water partition coefficient (Wildman–Crippen LogP) is 2.73. The summed E-state index contributed by atoms with van der Waals surface area (Å²) in [6.07, 6.45) is 0. The molecule has 0 unspecified atom stereocenters. The number of thiazole rings is 1. The highest BCUT2D eigenvalue weighted by atomic mass is 32.1. The number of nitrogens with zero attached hydrogens (tertiary/aromatic N) is 1. The Morgan fingerprint density at radius 3 is 2.74 bits per heavy atom. The lowest BCUT2D eigenvalue weighted by Gasteiger charge is -2.08. The van der Waals surface area contributed by atoms with Crippen molar-refractivity contribution in [1.29, 1.82) is 0 Å². The van der Waals surface area contributed by atoms with Gasteiger partial charge in [0.25, 0.3) is 5.91 Å². The summed E-state index contributed by atoms with van der Waals surface area (Å²) >= 11 is 1.56. The first-order chi connectivity index (χ1) is 9.10. The second-order valence-electron chi connectivity index (χ2n) is 4.35. The first kappa shape index (κ1) is 13.5. The number of benzene rings is 1. The minimum atomic E-state index is -0.0620. The van der Waals surface area contributed by atoms with Gasteiger partial charge in [-0.2, -0.15) is 0 Å². The van der Waals surface area contributed by atoms with Gasteiger partial charge < -0.3 is 10.6 Å². The van der Waals surface area contributed by atoms with Gasteiger partial charge in [-0.05, 0) is 37.6 Å². The fraction of sp³-hybridized carbons (Fsp3) is 0.286. The van der Waals surface area contributed by atoms with Crippen molar-refractivity contribution in [1.82, 2.24) is 10.3 Å². The smallest absolute Gasteiger partial charge is 0.251 e. The van der Waals surface area contributed by atoms with Gasteiger partial charge in [0.1, 0.15) is 5.01 Å². The summed E-state index contributed by atoms with van der Waals surface area (Å²) in [5.74, 6) is -0.0620. The van der Waals surface area contributed by atoms with Crippen LogP contribution in [0.5, 0.6) is 0 Å². The summed E-state index contributed by atoms with van der Waals surface area (Å²) in [6.45, 7) is 4.36. The molecule has 2 N–H and O–H groups in total. The van der Waals surface area contributed by atoms with Gasteiger partial charge in [-0.3, -0.25) is 4.79 Å². The van der Waals surface area contributed by atoms with Crippen LogP contribution >= 0.6 is 11.3 Å². The van der Waals surface area contributed by atoms with E-state index in [1.165, 1.54) is 0 Å². The summed E-state index contributed by atoms with van der Waals surface area (Å²) in [4.78, 5) is 16.4. The summed E-state index contributed by atoms with van der Waals surface area (Å²) < 4.78 is 0. The molecule has 1 heterocycles. The molecule has 1 aromatic carbocycles. The van der Waals surface area contributed by atoms with Crippen molar-refractivity contribution >= 4 is 22.9 Å². The number of hydrogen-bond acceptors (Lipinski definition) is 4. The van der Waals surface area contributed by atoms with Crippen LogP contribution in [0.2, 0.25) is 0 Å². The molecule has 0 saturated carbocycles. The molecule has 0 radical (unpaired) electrons. The van der Waals surface area contributed by atoms with Crippen molar-refractivity contribution in [2.45, 2.75) is 20.4 Å². The van der Waals surface area contributed by atoms with Crippen molar-refractivity contribution in [3.63, 3.8) is 0 Å². The van der Waals surface area contributed by atoms with Crippen LogP contribution in [0, 0.1) is 13.8 Å². The van der Waals surface area contributed by atoms with Crippen LogP contribution in [0.3, 0.4) is 0 Å². The lowest BCUT2D eigenvalue weighted by molar-refractivity contribution is 0.0950. The highest BCUT2D eigenvalue weighted by Crippen LogP contribution is 2.15. The Bertz CT molecular complexity index is 592. The average Bonchev–Trinajstić information content (AvgIpc) is 2.81. The standard InChI is InChI=1S/C14H17N3OS/c1-9-6-11(15-3)4-5-12(9)14(18)16-7-13-17-10(2)8-19-13/h4-6,8,15H,7H2,1-3H3,(H,16,18). The first-order valence-corrected chi connectivity index (χ1v) is 6.95. The highest BCUT2D eigenvalue weighted by molar-refractivity contribution is 7.09. The van der Waals surface area contributed by atoms with Gasteiger partial charge in [-0.15, -0.1) is 11.3 Å².